The van der Waals surface area contributed by atoms with Crippen molar-refractivity contribution in [2.45, 2.75) is 13.1 Å². The summed E-state index contributed by atoms with van der Waals surface area (Å²) in [6.45, 7) is 1.64. The van der Waals surface area contributed by atoms with Crippen molar-refractivity contribution in [3.05, 3.63) is 59.5 Å². The molecule has 0 aliphatic heterocycles. The summed E-state index contributed by atoms with van der Waals surface area (Å²) in [5.74, 6) is -0.708. The van der Waals surface area contributed by atoms with E-state index < -0.39 is 17.7 Å². The van der Waals surface area contributed by atoms with E-state index in [-0.39, 0.29) is 5.56 Å². The first-order valence-electron chi connectivity index (χ1n) is 7.58. The Kier molecular flexibility index (Phi) is 3.33. The van der Waals surface area contributed by atoms with Crippen LogP contribution in [0.5, 0.6) is 0 Å². The lowest BCUT2D eigenvalue weighted by Crippen LogP contribution is -2.05. The van der Waals surface area contributed by atoms with Gasteiger partial charge >= 0.3 is 12.1 Å². The number of nitrogens with zero attached hydrogens (tertiary/aromatic N) is 2. The molecule has 8 heteroatoms. The molecular weight excluding hydrogens is 349 g/mol. The molecule has 4 aromatic rings. The molecule has 1 N–H and O–H groups in total. The molecule has 2 heterocycles. The molecule has 0 radical (unpaired) electrons. The molecule has 5 nitrogen and oxygen atoms in total. The van der Waals surface area contributed by atoms with E-state index in [1.165, 1.54) is 24.3 Å². The van der Waals surface area contributed by atoms with Gasteiger partial charge < -0.3 is 9.52 Å². The molecule has 0 fully saturated rings. The van der Waals surface area contributed by atoms with Gasteiger partial charge in [0.2, 0.25) is 5.71 Å². The number of aromatic carboxylic acids is 1. The number of fused-ring (bicyclic) bond motifs is 3. The van der Waals surface area contributed by atoms with E-state index in [1.54, 1.807) is 17.6 Å². The third-order valence-corrected chi connectivity index (χ3v) is 4.11. The van der Waals surface area contributed by atoms with E-state index in [0.717, 1.165) is 12.1 Å². The fourth-order valence-electron chi connectivity index (χ4n) is 2.96. The van der Waals surface area contributed by atoms with Gasteiger partial charge in [-0.2, -0.15) is 13.2 Å². The zero-order chi connectivity index (χ0) is 18.6. The summed E-state index contributed by atoms with van der Waals surface area (Å²) >= 11 is 0. The van der Waals surface area contributed by atoms with Gasteiger partial charge in [-0.1, -0.05) is 0 Å². The Labute approximate surface area is 144 Å². The molecule has 0 saturated heterocycles. The van der Waals surface area contributed by atoms with Crippen LogP contribution in [0.3, 0.4) is 0 Å². The summed E-state index contributed by atoms with van der Waals surface area (Å²) in [7, 11) is 0. The first-order chi connectivity index (χ1) is 12.3. The quantitative estimate of drug-likeness (QED) is 0.558. The summed E-state index contributed by atoms with van der Waals surface area (Å²) in [5, 5.41) is 9.75. The van der Waals surface area contributed by atoms with Gasteiger partial charge in [0.15, 0.2) is 5.89 Å². The van der Waals surface area contributed by atoms with E-state index >= 15 is 0 Å². The molecule has 0 spiro atoms. The molecule has 4 rings (SSSR count). The Morgan fingerprint density at radius 2 is 1.85 bits per heavy atom. The highest BCUT2D eigenvalue weighted by Crippen LogP contribution is 2.34. The van der Waals surface area contributed by atoms with Crippen molar-refractivity contribution in [3.8, 4) is 5.69 Å². The molecule has 0 amide bonds. The molecule has 0 bridgehead atoms. The molecule has 2 aromatic carbocycles. The summed E-state index contributed by atoms with van der Waals surface area (Å²) in [4.78, 5) is 15.5. The van der Waals surface area contributed by atoms with Gasteiger partial charge in [0.05, 0.1) is 16.6 Å². The molecule has 0 saturated carbocycles. The molecule has 0 aliphatic carbocycles. The molecule has 132 valence electrons. The second-order valence-corrected chi connectivity index (χ2v) is 5.80. The molecule has 2 aromatic heterocycles. The van der Waals surface area contributed by atoms with Crippen molar-refractivity contribution in [2.75, 3.05) is 0 Å². The zero-order valence-corrected chi connectivity index (χ0v) is 13.3. The van der Waals surface area contributed by atoms with Crippen molar-refractivity contribution >= 4 is 28.1 Å². The number of carboxylic acids is 1. The SMILES string of the molecule is Cc1nc2c3cc(C(=O)O)ccc3n(-c3ccc(C(F)(F)F)cc3)c2o1. The van der Waals surface area contributed by atoms with Crippen molar-refractivity contribution in [3.63, 3.8) is 0 Å². The predicted octanol–water partition coefficient (Wildman–Crippen LogP) is 4.80. The van der Waals surface area contributed by atoms with E-state index in [1.807, 2.05) is 0 Å². The molecular formula is C18H11F3N2O3. The van der Waals surface area contributed by atoms with Gasteiger partial charge in [-0.25, -0.2) is 9.78 Å². The van der Waals surface area contributed by atoms with E-state index in [9.17, 15) is 23.1 Å². The van der Waals surface area contributed by atoms with Crippen LogP contribution in [0, 0.1) is 6.92 Å². The highest BCUT2D eigenvalue weighted by atomic mass is 19.4. The van der Waals surface area contributed by atoms with Crippen LogP contribution in [0.4, 0.5) is 13.2 Å². The van der Waals surface area contributed by atoms with E-state index in [4.69, 9.17) is 4.42 Å². The zero-order valence-electron chi connectivity index (χ0n) is 13.3. The van der Waals surface area contributed by atoms with E-state index in [2.05, 4.69) is 4.98 Å². The van der Waals surface area contributed by atoms with Gasteiger partial charge in [0.1, 0.15) is 5.52 Å². The van der Waals surface area contributed by atoms with Crippen LogP contribution in [0.1, 0.15) is 21.8 Å². The summed E-state index contributed by atoms with van der Waals surface area (Å²) in [6, 6.07) is 9.14. The van der Waals surface area contributed by atoms with Gasteiger partial charge in [0.25, 0.3) is 0 Å². The van der Waals surface area contributed by atoms with E-state index in [0.29, 0.717) is 33.7 Å². The number of alkyl halides is 3. The van der Waals surface area contributed by atoms with Crippen molar-refractivity contribution in [2.24, 2.45) is 0 Å². The number of aryl methyl sites for hydroxylation is 1. The van der Waals surface area contributed by atoms with Crippen LogP contribution < -0.4 is 0 Å². The van der Waals surface area contributed by atoms with Gasteiger partial charge in [-0.15, -0.1) is 0 Å². The maximum absolute atomic E-state index is 12.8. The number of carbonyl (C=O) groups is 1. The number of carboxylic acid groups (broad SMARTS) is 1. The predicted molar refractivity (Wildman–Crippen MR) is 87.5 cm³/mol. The number of hydrogen-bond donors (Lipinski definition) is 1. The smallest absolute Gasteiger partial charge is 0.416 e. The Morgan fingerprint density at radius 3 is 2.46 bits per heavy atom. The van der Waals surface area contributed by atoms with Crippen molar-refractivity contribution in [1.82, 2.24) is 9.55 Å². The van der Waals surface area contributed by atoms with Crippen LogP contribution in [-0.4, -0.2) is 20.6 Å². The average Bonchev–Trinajstić information content (AvgIpc) is 3.08. The standard InChI is InChI=1S/C18H11F3N2O3/c1-9-22-15-13-8-10(17(24)25)2-7-14(13)23(16(15)26-9)12-5-3-11(4-6-12)18(19,20)21/h2-8H,1H3,(H,24,25). The third-order valence-electron chi connectivity index (χ3n) is 4.11. The lowest BCUT2D eigenvalue weighted by Gasteiger charge is -2.09. The lowest BCUT2D eigenvalue weighted by atomic mass is 10.1. The monoisotopic (exact) mass is 360 g/mol. The molecule has 0 aliphatic rings. The van der Waals surface area contributed by atoms with Crippen molar-refractivity contribution < 1.29 is 27.5 Å². The second kappa shape index (κ2) is 5.35. The number of benzene rings is 2. The minimum Gasteiger partial charge on any atom is -0.478 e. The maximum atomic E-state index is 12.8. The number of rotatable bonds is 2. The van der Waals surface area contributed by atoms with Crippen molar-refractivity contribution in [1.29, 1.82) is 0 Å². The molecule has 26 heavy (non-hydrogen) atoms. The molecule has 0 atom stereocenters. The summed E-state index contributed by atoms with van der Waals surface area (Å²) in [5.41, 5.74) is 1.19. The fourth-order valence-corrected chi connectivity index (χ4v) is 2.96. The van der Waals surface area contributed by atoms with Crippen LogP contribution in [0.2, 0.25) is 0 Å². The van der Waals surface area contributed by atoms with Crippen LogP contribution in [0.15, 0.2) is 46.9 Å². The summed E-state index contributed by atoms with van der Waals surface area (Å²) in [6.07, 6.45) is -4.42. The first kappa shape index (κ1) is 16.2. The Bertz CT molecular complexity index is 1150. The number of halogens is 3. The van der Waals surface area contributed by atoms with Crippen LogP contribution in [-0.2, 0) is 6.18 Å². The third kappa shape index (κ3) is 2.42. The largest absolute Gasteiger partial charge is 0.478 e. The maximum Gasteiger partial charge on any atom is 0.416 e. The Morgan fingerprint density at radius 1 is 1.15 bits per heavy atom. The Balaban J connectivity index is 2.00. The number of aromatic nitrogens is 2. The number of oxazole rings is 1. The highest BCUT2D eigenvalue weighted by molar-refractivity contribution is 6.07. The first-order valence-corrected chi connectivity index (χ1v) is 7.58. The van der Waals surface area contributed by atoms with Crippen LogP contribution >= 0.6 is 0 Å². The number of hydrogen-bond acceptors (Lipinski definition) is 3. The second-order valence-electron chi connectivity index (χ2n) is 5.80. The average molecular weight is 360 g/mol. The minimum atomic E-state index is -4.42. The van der Waals surface area contributed by atoms with Gasteiger partial charge in [-0.05, 0) is 42.5 Å². The Hall–Kier alpha value is -3.29. The van der Waals surface area contributed by atoms with Gasteiger partial charge in [-0.3, -0.25) is 4.57 Å². The summed E-state index contributed by atoms with van der Waals surface area (Å²) < 4.78 is 45.6. The highest BCUT2D eigenvalue weighted by Gasteiger charge is 2.30. The minimum absolute atomic E-state index is 0.0876. The normalized spacial score (nSPS) is 12.2. The van der Waals surface area contributed by atoms with Crippen LogP contribution in [0.25, 0.3) is 27.8 Å². The fraction of sp³-hybridized carbons (Fsp3) is 0.111. The van der Waals surface area contributed by atoms with Gasteiger partial charge in [0, 0.05) is 18.0 Å². The topological polar surface area (TPSA) is 68.3 Å². The lowest BCUT2D eigenvalue weighted by molar-refractivity contribution is -0.137. The molecule has 0 unspecified atom stereocenters.